The second-order valence-electron chi connectivity index (χ2n) is 6.98. The molecule has 6 nitrogen and oxygen atoms in total. The summed E-state index contributed by atoms with van der Waals surface area (Å²) in [5.74, 6) is -3.40. The van der Waals surface area contributed by atoms with Gasteiger partial charge in [0, 0.05) is 37.4 Å². The molecule has 0 radical (unpaired) electrons. The molecule has 1 aromatic heterocycles. The summed E-state index contributed by atoms with van der Waals surface area (Å²) in [7, 11) is 1.69. The van der Waals surface area contributed by atoms with Crippen molar-refractivity contribution in [2.45, 2.75) is 26.4 Å². The molecule has 152 valence electrons. The molecule has 0 aliphatic heterocycles. The first-order valence-electron chi connectivity index (χ1n) is 8.70. The quantitative estimate of drug-likeness (QED) is 0.693. The number of anilines is 1. The van der Waals surface area contributed by atoms with Gasteiger partial charge in [-0.05, 0) is 38.1 Å². The van der Waals surface area contributed by atoms with Crippen molar-refractivity contribution >= 4 is 11.6 Å². The zero-order valence-electron chi connectivity index (χ0n) is 16.3. The van der Waals surface area contributed by atoms with Crippen LogP contribution in [0, 0.1) is 17.5 Å². The van der Waals surface area contributed by atoms with Crippen molar-refractivity contribution in [1.29, 1.82) is 0 Å². The highest BCUT2D eigenvalue weighted by molar-refractivity contribution is 5.88. The highest BCUT2D eigenvalue weighted by Gasteiger charge is 2.32. The molecule has 0 saturated heterocycles. The molecule has 1 N–H and O–H groups in total. The van der Waals surface area contributed by atoms with E-state index in [4.69, 9.17) is 4.74 Å². The minimum atomic E-state index is -1.27. The van der Waals surface area contributed by atoms with Crippen LogP contribution in [-0.4, -0.2) is 20.7 Å². The highest BCUT2D eigenvalue weighted by Crippen LogP contribution is 2.32. The van der Waals surface area contributed by atoms with E-state index >= 15 is 0 Å². The molecule has 29 heavy (non-hydrogen) atoms. The summed E-state index contributed by atoms with van der Waals surface area (Å²) in [6.45, 7) is 4.56. The summed E-state index contributed by atoms with van der Waals surface area (Å²) in [6, 6.07) is 8.05. The van der Waals surface area contributed by atoms with Gasteiger partial charge < -0.3 is 14.6 Å². The predicted molar refractivity (Wildman–Crippen MR) is 101 cm³/mol. The fourth-order valence-electron chi connectivity index (χ4n) is 2.94. The van der Waals surface area contributed by atoms with Gasteiger partial charge in [-0.15, -0.1) is 10.2 Å². The van der Waals surface area contributed by atoms with E-state index in [1.807, 2.05) is 0 Å². The van der Waals surface area contributed by atoms with Crippen LogP contribution in [0.2, 0.25) is 0 Å². The van der Waals surface area contributed by atoms with Crippen LogP contribution < -0.4 is 10.1 Å². The largest absolute Gasteiger partial charge is 0.474 e. The van der Waals surface area contributed by atoms with Crippen molar-refractivity contribution in [3.05, 3.63) is 59.7 Å². The Kier molecular flexibility index (Phi) is 5.32. The third-order valence-electron chi connectivity index (χ3n) is 4.20. The maximum atomic E-state index is 14.0. The molecule has 0 fully saturated rings. The molecule has 1 heterocycles. The molecule has 0 saturated carbocycles. The standard InChI is InChI=1S/C20H19F3N4O2/c1-11(28)24-14-7-5-12(6-8-14)18-25-26-19(27(18)4)20(2,3)29-17-15(22)9-13(21)10-16(17)23/h5-10H,1-4H3,(H,24,28). The van der Waals surface area contributed by atoms with E-state index in [0.717, 1.165) is 5.56 Å². The zero-order valence-corrected chi connectivity index (χ0v) is 16.3. The van der Waals surface area contributed by atoms with Crippen LogP contribution in [0.15, 0.2) is 36.4 Å². The molecule has 0 bridgehead atoms. The van der Waals surface area contributed by atoms with Gasteiger partial charge in [0.25, 0.3) is 0 Å². The first kappa shape index (κ1) is 20.4. The number of nitrogens with zero attached hydrogens (tertiary/aromatic N) is 3. The number of carbonyl (C=O) groups excluding carboxylic acids is 1. The topological polar surface area (TPSA) is 69.0 Å². The number of aromatic nitrogens is 3. The molecule has 3 rings (SSSR count). The average molecular weight is 404 g/mol. The first-order valence-corrected chi connectivity index (χ1v) is 8.70. The van der Waals surface area contributed by atoms with Crippen molar-refractivity contribution in [2.75, 3.05) is 5.32 Å². The number of nitrogens with one attached hydrogen (secondary N) is 1. The molecule has 0 spiro atoms. The lowest BCUT2D eigenvalue weighted by molar-refractivity contribution is -0.114. The summed E-state index contributed by atoms with van der Waals surface area (Å²) < 4.78 is 48.2. The van der Waals surface area contributed by atoms with Crippen LogP contribution >= 0.6 is 0 Å². The molecular weight excluding hydrogens is 385 g/mol. The Morgan fingerprint density at radius 1 is 1.07 bits per heavy atom. The number of halogens is 3. The van der Waals surface area contributed by atoms with Gasteiger partial charge in [0.05, 0.1) is 0 Å². The Bertz CT molecular complexity index is 1040. The lowest BCUT2D eigenvalue weighted by Crippen LogP contribution is -2.30. The smallest absolute Gasteiger partial charge is 0.221 e. The Morgan fingerprint density at radius 2 is 1.66 bits per heavy atom. The summed E-state index contributed by atoms with van der Waals surface area (Å²) >= 11 is 0. The van der Waals surface area contributed by atoms with E-state index in [-0.39, 0.29) is 5.91 Å². The molecule has 1 amide bonds. The maximum absolute atomic E-state index is 14.0. The molecule has 3 aromatic rings. The fourth-order valence-corrected chi connectivity index (χ4v) is 2.94. The predicted octanol–water partition coefficient (Wildman–Crippen LogP) is 4.17. The van der Waals surface area contributed by atoms with Gasteiger partial charge in [-0.3, -0.25) is 4.79 Å². The number of hydrogen-bond donors (Lipinski definition) is 1. The molecule has 2 aromatic carbocycles. The second kappa shape index (κ2) is 7.57. The van der Waals surface area contributed by atoms with E-state index in [9.17, 15) is 18.0 Å². The van der Waals surface area contributed by atoms with E-state index in [0.29, 0.717) is 29.5 Å². The maximum Gasteiger partial charge on any atom is 0.221 e. The molecule has 9 heteroatoms. The van der Waals surface area contributed by atoms with E-state index in [1.54, 1.807) is 49.7 Å². The highest BCUT2D eigenvalue weighted by atomic mass is 19.1. The van der Waals surface area contributed by atoms with Gasteiger partial charge in [0.1, 0.15) is 5.82 Å². The third-order valence-corrected chi connectivity index (χ3v) is 4.20. The van der Waals surface area contributed by atoms with Crippen LogP contribution in [0.1, 0.15) is 26.6 Å². The monoisotopic (exact) mass is 404 g/mol. The Labute approximate surface area is 165 Å². The summed E-state index contributed by atoms with van der Waals surface area (Å²) in [5, 5.41) is 10.9. The normalized spacial score (nSPS) is 11.4. The zero-order chi connectivity index (χ0) is 21.3. The fraction of sp³-hybridized carbons (Fsp3) is 0.250. The molecular formula is C20H19F3N4O2. The Morgan fingerprint density at radius 3 is 2.21 bits per heavy atom. The number of rotatable bonds is 5. The van der Waals surface area contributed by atoms with Gasteiger partial charge >= 0.3 is 0 Å². The average Bonchev–Trinajstić information content (AvgIpc) is 3.01. The van der Waals surface area contributed by atoms with E-state index in [2.05, 4.69) is 15.5 Å². The number of ether oxygens (including phenoxy) is 1. The van der Waals surface area contributed by atoms with Crippen molar-refractivity contribution in [3.8, 4) is 17.1 Å². The minimum Gasteiger partial charge on any atom is -0.474 e. The van der Waals surface area contributed by atoms with Crippen molar-refractivity contribution in [1.82, 2.24) is 14.8 Å². The van der Waals surface area contributed by atoms with Crippen LogP contribution in [0.3, 0.4) is 0 Å². The summed E-state index contributed by atoms with van der Waals surface area (Å²) in [4.78, 5) is 11.1. The van der Waals surface area contributed by atoms with Crippen LogP contribution in [0.5, 0.6) is 5.75 Å². The second-order valence-corrected chi connectivity index (χ2v) is 6.98. The van der Waals surface area contributed by atoms with Gasteiger partial charge in [-0.25, -0.2) is 13.2 Å². The number of carbonyl (C=O) groups is 1. The minimum absolute atomic E-state index is 0.183. The van der Waals surface area contributed by atoms with Crippen molar-refractivity contribution in [2.24, 2.45) is 7.05 Å². The third kappa shape index (κ3) is 4.23. The molecule has 0 unspecified atom stereocenters. The first-order chi connectivity index (χ1) is 13.6. The number of amides is 1. The Hall–Kier alpha value is -3.36. The van der Waals surface area contributed by atoms with Gasteiger partial charge in [-0.2, -0.15) is 0 Å². The van der Waals surface area contributed by atoms with Gasteiger partial charge in [0.15, 0.2) is 34.6 Å². The lowest BCUT2D eigenvalue weighted by Gasteiger charge is -2.26. The summed E-state index contributed by atoms with van der Waals surface area (Å²) in [6.07, 6.45) is 0. The molecule has 0 aliphatic rings. The molecule has 0 atom stereocenters. The van der Waals surface area contributed by atoms with Gasteiger partial charge in [-0.1, -0.05) is 0 Å². The van der Waals surface area contributed by atoms with E-state index < -0.39 is 28.8 Å². The number of benzene rings is 2. The van der Waals surface area contributed by atoms with Crippen LogP contribution in [-0.2, 0) is 17.4 Å². The molecule has 0 aliphatic carbocycles. The lowest BCUT2D eigenvalue weighted by atomic mass is 10.1. The SMILES string of the molecule is CC(=O)Nc1ccc(-c2nnc(C(C)(C)Oc3c(F)cc(F)cc3F)n2C)cc1. The van der Waals surface area contributed by atoms with Crippen molar-refractivity contribution in [3.63, 3.8) is 0 Å². The number of hydrogen-bond acceptors (Lipinski definition) is 4. The van der Waals surface area contributed by atoms with Gasteiger partial charge in [0.2, 0.25) is 5.91 Å². The Balaban J connectivity index is 1.91. The van der Waals surface area contributed by atoms with Crippen LogP contribution in [0.25, 0.3) is 11.4 Å². The summed E-state index contributed by atoms with van der Waals surface area (Å²) in [5.41, 5.74) is 0.0835. The van der Waals surface area contributed by atoms with Crippen LogP contribution in [0.4, 0.5) is 18.9 Å². The van der Waals surface area contributed by atoms with E-state index in [1.165, 1.54) is 6.92 Å². The van der Waals surface area contributed by atoms with Crippen molar-refractivity contribution < 1.29 is 22.7 Å².